The van der Waals surface area contributed by atoms with E-state index in [9.17, 15) is 9.59 Å². The van der Waals surface area contributed by atoms with E-state index < -0.39 is 18.5 Å². The van der Waals surface area contributed by atoms with Crippen LogP contribution in [0.2, 0.25) is 0 Å². The molecule has 0 radical (unpaired) electrons. The van der Waals surface area contributed by atoms with Crippen LogP contribution in [0.15, 0.2) is 47.2 Å². The number of rotatable bonds is 4. The molecule has 1 amide bonds. The smallest absolute Gasteiger partial charge is 0.344 e. The van der Waals surface area contributed by atoms with Crippen molar-refractivity contribution in [1.29, 1.82) is 0 Å². The number of ether oxygens (including phenoxy) is 1. The lowest BCUT2D eigenvalue weighted by molar-refractivity contribution is -0.119. The first-order valence-corrected chi connectivity index (χ1v) is 7.87. The van der Waals surface area contributed by atoms with Crippen LogP contribution in [0.5, 0.6) is 0 Å². The number of aromatic nitrogens is 3. The molecule has 0 atom stereocenters. The van der Waals surface area contributed by atoms with Crippen LogP contribution in [0, 0.1) is 6.92 Å². The van der Waals surface area contributed by atoms with Crippen molar-refractivity contribution in [2.75, 3.05) is 11.9 Å². The third kappa shape index (κ3) is 3.28. The molecule has 0 aliphatic heterocycles. The fourth-order valence-corrected chi connectivity index (χ4v) is 2.57. The van der Waals surface area contributed by atoms with Crippen molar-refractivity contribution in [1.82, 2.24) is 14.6 Å². The number of benzene rings is 1. The molecule has 8 heteroatoms. The molecule has 2 aromatic heterocycles. The second kappa shape index (κ2) is 6.79. The summed E-state index contributed by atoms with van der Waals surface area (Å²) in [5, 5.41) is 6.85. The van der Waals surface area contributed by atoms with Gasteiger partial charge in [0.2, 0.25) is 0 Å². The average Bonchev–Trinajstić information content (AvgIpc) is 2.90. The Labute approximate surface area is 145 Å². The number of carbonyl (C=O) groups is 2. The molecule has 3 rings (SSSR count). The van der Waals surface area contributed by atoms with Gasteiger partial charge in [0.25, 0.3) is 5.91 Å². The molecule has 1 aromatic carbocycles. The number of aryl methyl sites for hydroxylation is 1. The van der Waals surface area contributed by atoms with E-state index in [0.29, 0.717) is 17.0 Å². The summed E-state index contributed by atoms with van der Waals surface area (Å²) < 4.78 is 7.33. The Hall–Kier alpha value is -2.74. The van der Waals surface area contributed by atoms with Gasteiger partial charge >= 0.3 is 5.97 Å². The van der Waals surface area contributed by atoms with Crippen LogP contribution in [0.3, 0.4) is 0 Å². The minimum atomic E-state index is -0.636. The van der Waals surface area contributed by atoms with Crippen molar-refractivity contribution in [3.05, 3.63) is 58.5 Å². The van der Waals surface area contributed by atoms with Gasteiger partial charge in [0.05, 0.1) is 11.4 Å². The lowest BCUT2D eigenvalue weighted by atomic mass is 10.2. The number of para-hydroxylation sites is 1. The van der Waals surface area contributed by atoms with Gasteiger partial charge in [0, 0.05) is 16.9 Å². The minimum Gasteiger partial charge on any atom is -0.452 e. The molecule has 122 valence electrons. The maximum Gasteiger partial charge on any atom is 0.344 e. The Morgan fingerprint density at radius 2 is 2.08 bits per heavy atom. The number of halogens is 1. The Morgan fingerprint density at radius 1 is 1.29 bits per heavy atom. The van der Waals surface area contributed by atoms with E-state index in [-0.39, 0.29) is 5.56 Å². The van der Waals surface area contributed by atoms with Crippen molar-refractivity contribution in [2.45, 2.75) is 6.92 Å². The number of fused-ring (bicyclic) bond motifs is 1. The quantitative estimate of drug-likeness (QED) is 0.694. The largest absolute Gasteiger partial charge is 0.452 e. The number of hydrogen-bond acceptors (Lipinski definition) is 5. The molecular formula is C16H13BrN4O3. The first kappa shape index (κ1) is 16.1. The molecule has 1 N–H and O–H groups in total. The molecule has 3 aromatic rings. The number of amides is 1. The van der Waals surface area contributed by atoms with Crippen LogP contribution in [0.25, 0.3) is 5.65 Å². The number of anilines is 1. The van der Waals surface area contributed by atoms with Crippen LogP contribution < -0.4 is 5.32 Å². The van der Waals surface area contributed by atoms with Crippen LogP contribution in [-0.4, -0.2) is 33.1 Å². The maximum atomic E-state index is 12.3. The minimum absolute atomic E-state index is 0.254. The number of hydrogen-bond donors (Lipinski definition) is 1. The Morgan fingerprint density at radius 3 is 2.88 bits per heavy atom. The second-order valence-corrected chi connectivity index (χ2v) is 5.81. The molecule has 0 saturated carbocycles. The lowest BCUT2D eigenvalue weighted by Gasteiger charge is -2.07. The van der Waals surface area contributed by atoms with Gasteiger partial charge in [-0.25, -0.2) is 14.3 Å². The molecule has 0 bridgehead atoms. The molecule has 2 heterocycles. The topological polar surface area (TPSA) is 85.6 Å². The van der Waals surface area contributed by atoms with Gasteiger partial charge < -0.3 is 10.1 Å². The monoisotopic (exact) mass is 388 g/mol. The van der Waals surface area contributed by atoms with Gasteiger partial charge in [0.15, 0.2) is 12.3 Å². The van der Waals surface area contributed by atoms with E-state index in [4.69, 9.17) is 4.74 Å². The van der Waals surface area contributed by atoms with E-state index in [1.54, 1.807) is 43.6 Å². The summed E-state index contributed by atoms with van der Waals surface area (Å²) in [5.41, 5.74) is 1.74. The zero-order chi connectivity index (χ0) is 17.1. The van der Waals surface area contributed by atoms with E-state index in [2.05, 4.69) is 31.3 Å². The Balaban J connectivity index is 1.68. The molecule has 0 unspecified atom stereocenters. The summed E-state index contributed by atoms with van der Waals surface area (Å²) in [4.78, 5) is 28.3. The van der Waals surface area contributed by atoms with Crippen molar-refractivity contribution >= 4 is 39.1 Å². The highest BCUT2D eigenvalue weighted by atomic mass is 79.9. The normalized spacial score (nSPS) is 10.6. The van der Waals surface area contributed by atoms with Crippen molar-refractivity contribution in [3.8, 4) is 0 Å². The third-order valence-electron chi connectivity index (χ3n) is 3.26. The molecular weight excluding hydrogens is 376 g/mol. The number of nitrogens with one attached hydrogen (secondary N) is 1. The molecule has 0 saturated heterocycles. The predicted octanol–water partition coefficient (Wildman–Crippen LogP) is 2.60. The zero-order valence-electron chi connectivity index (χ0n) is 12.7. The Kier molecular flexibility index (Phi) is 4.57. The van der Waals surface area contributed by atoms with Crippen LogP contribution >= 0.6 is 15.9 Å². The molecule has 24 heavy (non-hydrogen) atoms. The summed E-state index contributed by atoms with van der Waals surface area (Å²) >= 11 is 3.33. The van der Waals surface area contributed by atoms with Gasteiger partial charge in [0.1, 0.15) is 5.56 Å². The standard InChI is InChI=1S/C16H13BrN4O3/c1-10-14(15-18-7-4-8-21(15)20-10)16(23)24-9-13(22)19-12-6-3-2-5-11(12)17/h2-8H,9H2,1H3,(H,19,22). The molecule has 0 fully saturated rings. The summed E-state index contributed by atoms with van der Waals surface area (Å²) in [6, 6.07) is 8.87. The summed E-state index contributed by atoms with van der Waals surface area (Å²) in [5.74, 6) is -1.07. The van der Waals surface area contributed by atoms with Crippen molar-refractivity contribution in [3.63, 3.8) is 0 Å². The van der Waals surface area contributed by atoms with E-state index >= 15 is 0 Å². The fourth-order valence-electron chi connectivity index (χ4n) is 2.19. The third-order valence-corrected chi connectivity index (χ3v) is 3.95. The van der Waals surface area contributed by atoms with Gasteiger partial charge in [-0.1, -0.05) is 12.1 Å². The van der Waals surface area contributed by atoms with Gasteiger partial charge in [-0.2, -0.15) is 5.10 Å². The van der Waals surface area contributed by atoms with Crippen molar-refractivity contribution in [2.24, 2.45) is 0 Å². The molecule has 7 nitrogen and oxygen atoms in total. The van der Waals surface area contributed by atoms with Crippen LogP contribution in [0.4, 0.5) is 5.69 Å². The van der Waals surface area contributed by atoms with Crippen molar-refractivity contribution < 1.29 is 14.3 Å². The SMILES string of the molecule is Cc1nn2cccnc2c1C(=O)OCC(=O)Nc1ccccc1Br. The number of nitrogens with zero attached hydrogens (tertiary/aromatic N) is 3. The highest BCUT2D eigenvalue weighted by Gasteiger charge is 2.20. The zero-order valence-corrected chi connectivity index (χ0v) is 14.3. The molecule has 0 spiro atoms. The van der Waals surface area contributed by atoms with E-state index in [1.807, 2.05) is 6.07 Å². The summed E-state index contributed by atoms with van der Waals surface area (Å²) in [6.07, 6.45) is 3.25. The second-order valence-electron chi connectivity index (χ2n) is 4.95. The van der Waals surface area contributed by atoms with Crippen LogP contribution in [0.1, 0.15) is 16.1 Å². The predicted molar refractivity (Wildman–Crippen MR) is 90.8 cm³/mol. The Bertz CT molecular complexity index is 923. The maximum absolute atomic E-state index is 12.3. The summed E-state index contributed by atoms with van der Waals surface area (Å²) in [6.45, 7) is 1.29. The number of carbonyl (C=O) groups excluding carboxylic acids is 2. The van der Waals surface area contributed by atoms with Crippen LogP contribution in [-0.2, 0) is 9.53 Å². The average molecular weight is 389 g/mol. The fraction of sp³-hybridized carbons (Fsp3) is 0.125. The first-order valence-electron chi connectivity index (χ1n) is 7.07. The van der Waals surface area contributed by atoms with E-state index in [0.717, 1.165) is 4.47 Å². The van der Waals surface area contributed by atoms with Gasteiger partial charge in [-0.15, -0.1) is 0 Å². The van der Waals surface area contributed by atoms with E-state index in [1.165, 1.54) is 4.52 Å². The highest BCUT2D eigenvalue weighted by Crippen LogP contribution is 2.21. The summed E-state index contributed by atoms with van der Waals surface area (Å²) in [7, 11) is 0. The highest BCUT2D eigenvalue weighted by molar-refractivity contribution is 9.10. The molecule has 0 aliphatic carbocycles. The van der Waals surface area contributed by atoms with Gasteiger partial charge in [-0.3, -0.25) is 4.79 Å². The first-order chi connectivity index (χ1) is 11.6. The lowest BCUT2D eigenvalue weighted by Crippen LogP contribution is -2.21. The molecule has 0 aliphatic rings. The van der Waals surface area contributed by atoms with Gasteiger partial charge in [-0.05, 0) is 41.1 Å². The number of esters is 1.